The van der Waals surface area contributed by atoms with Crippen LogP contribution in [-0.2, 0) is 17.4 Å². The van der Waals surface area contributed by atoms with Gasteiger partial charge in [0.05, 0.1) is 5.56 Å². The predicted octanol–water partition coefficient (Wildman–Crippen LogP) is 5.77. The predicted molar refractivity (Wildman–Crippen MR) is 123 cm³/mol. The number of anilines is 1. The number of alkyl halides is 3. The Morgan fingerprint density at radius 1 is 0.853 bits per heavy atom. The average molecular weight is 464 g/mol. The molecule has 0 radical (unpaired) electrons. The molecule has 2 amide bonds. The monoisotopic (exact) mass is 464 g/mol. The van der Waals surface area contributed by atoms with Gasteiger partial charge in [-0.1, -0.05) is 30.3 Å². The summed E-state index contributed by atoms with van der Waals surface area (Å²) in [5.41, 5.74) is 5.11. The van der Waals surface area contributed by atoms with E-state index in [0.717, 1.165) is 24.2 Å². The number of nitrogens with zero attached hydrogens (tertiary/aromatic N) is 1. The fourth-order valence-electron chi connectivity index (χ4n) is 4.80. The van der Waals surface area contributed by atoms with Gasteiger partial charge in [-0.05, 0) is 77.9 Å². The number of carbonyl (C=O) groups excluding carboxylic acids is 2. The Bertz CT molecular complexity index is 1240. The van der Waals surface area contributed by atoms with E-state index >= 15 is 0 Å². The summed E-state index contributed by atoms with van der Waals surface area (Å²) in [6.07, 6.45) is -2.57. The summed E-state index contributed by atoms with van der Waals surface area (Å²) in [5, 5.41) is 3.02. The zero-order valence-electron chi connectivity index (χ0n) is 18.4. The summed E-state index contributed by atoms with van der Waals surface area (Å²) < 4.78 is 38.2. The molecule has 0 atom stereocenters. The molecule has 34 heavy (non-hydrogen) atoms. The molecule has 1 saturated heterocycles. The number of carbonyl (C=O) groups is 2. The maximum Gasteiger partial charge on any atom is 0.416 e. The normalized spacial score (nSPS) is 15.6. The third kappa shape index (κ3) is 4.30. The van der Waals surface area contributed by atoms with Crippen LogP contribution in [-0.4, -0.2) is 29.8 Å². The summed E-state index contributed by atoms with van der Waals surface area (Å²) in [7, 11) is 0. The zero-order chi connectivity index (χ0) is 23.9. The van der Waals surface area contributed by atoms with E-state index in [1.165, 1.54) is 34.4 Å². The minimum absolute atomic E-state index is 0.0721. The maximum absolute atomic E-state index is 12.8. The number of piperidine rings is 1. The van der Waals surface area contributed by atoms with Gasteiger partial charge in [0, 0.05) is 30.3 Å². The van der Waals surface area contributed by atoms with E-state index < -0.39 is 11.7 Å². The number of benzene rings is 3. The van der Waals surface area contributed by atoms with Crippen LogP contribution in [0.25, 0.3) is 11.1 Å². The van der Waals surface area contributed by atoms with Crippen LogP contribution in [0.3, 0.4) is 0 Å². The first kappa shape index (κ1) is 22.2. The minimum Gasteiger partial charge on any atom is -0.339 e. The molecule has 174 valence electrons. The lowest BCUT2D eigenvalue weighted by Gasteiger charge is -2.31. The highest BCUT2D eigenvalue weighted by molar-refractivity contribution is 5.95. The van der Waals surface area contributed by atoms with E-state index in [0.29, 0.717) is 25.9 Å². The fraction of sp³-hybridized carbons (Fsp3) is 0.259. The van der Waals surface area contributed by atoms with Crippen LogP contribution in [0.1, 0.15) is 39.9 Å². The highest BCUT2D eigenvalue weighted by Crippen LogP contribution is 2.37. The van der Waals surface area contributed by atoms with Crippen LogP contribution in [0.15, 0.2) is 66.7 Å². The topological polar surface area (TPSA) is 49.4 Å². The Labute approximate surface area is 195 Å². The standard InChI is InChI=1S/C27H23F3N2O2/c28-27(29,30)21-7-5-18(6-8-21)26(34)32-13-11-17(12-14-32)25(33)31-22-9-10-24-20(16-22)15-19-3-1-2-4-23(19)24/h1-10,16-17H,11-15H2,(H,31,33). The quantitative estimate of drug-likeness (QED) is 0.419. The van der Waals surface area contributed by atoms with Gasteiger partial charge in [0.15, 0.2) is 0 Å². The van der Waals surface area contributed by atoms with Crippen molar-refractivity contribution in [1.82, 2.24) is 4.90 Å². The summed E-state index contributed by atoms with van der Waals surface area (Å²) >= 11 is 0. The largest absolute Gasteiger partial charge is 0.416 e. The van der Waals surface area contributed by atoms with E-state index in [4.69, 9.17) is 0 Å². The Balaban J connectivity index is 1.17. The van der Waals surface area contributed by atoms with E-state index in [2.05, 4.69) is 17.4 Å². The molecule has 0 aromatic heterocycles. The van der Waals surface area contributed by atoms with Gasteiger partial charge in [-0.15, -0.1) is 0 Å². The smallest absolute Gasteiger partial charge is 0.339 e. The Hall–Kier alpha value is -3.61. The van der Waals surface area contributed by atoms with Crippen LogP contribution in [0.5, 0.6) is 0 Å². The molecule has 0 bridgehead atoms. The molecular formula is C27H23F3N2O2. The van der Waals surface area contributed by atoms with Crippen LogP contribution >= 0.6 is 0 Å². The molecular weight excluding hydrogens is 441 g/mol. The first-order chi connectivity index (χ1) is 16.3. The highest BCUT2D eigenvalue weighted by Gasteiger charge is 2.31. The maximum atomic E-state index is 12.8. The number of halogens is 3. The Morgan fingerprint density at radius 2 is 1.53 bits per heavy atom. The second kappa shape index (κ2) is 8.63. The molecule has 1 N–H and O–H groups in total. The third-order valence-corrected chi connectivity index (χ3v) is 6.67. The molecule has 0 unspecified atom stereocenters. The molecule has 2 aliphatic rings. The van der Waals surface area contributed by atoms with Crippen molar-refractivity contribution in [2.45, 2.75) is 25.4 Å². The van der Waals surface area contributed by atoms with Gasteiger partial charge >= 0.3 is 6.18 Å². The number of hydrogen-bond donors (Lipinski definition) is 1. The van der Waals surface area contributed by atoms with Crippen molar-refractivity contribution < 1.29 is 22.8 Å². The first-order valence-corrected chi connectivity index (χ1v) is 11.3. The number of likely N-dealkylation sites (tertiary alicyclic amines) is 1. The molecule has 4 nitrogen and oxygen atoms in total. The molecule has 1 aliphatic carbocycles. The van der Waals surface area contributed by atoms with Crippen LogP contribution in [0.2, 0.25) is 0 Å². The van der Waals surface area contributed by atoms with E-state index in [1.54, 1.807) is 4.90 Å². The first-order valence-electron chi connectivity index (χ1n) is 11.3. The molecule has 0 spiro atoms. The molecule has 1 aliphatic heterocycles. The molecule has 1 heterocycles. The molecule has 1 fully saturated rings. The molecule has 3 aromatic rings. The number of fused-ring (bicyclic) bond motifs is 3. The van der Waals surface area contributed by atoms with E-state index in [9.17, 15) is 22.8 Å². The number of amides is 2. The number of hydrogen-bond acceptors (Lipinski definition) is 2. The van der Waals surface area contributed by atoms with Crippen molar-refractivity contribution >= 4 is 17.5 Å². The van der Waals surface area contributed by atoms with Crippen LogP contribution in [0.4, 0.5) is 18.9 Å². The lowest BCUT2D eigenvalue weighted by Crippen LogP contribution is -2.41. The average Bonchev–Trinajstić information content (AvgIpc) is 3.21. The molecule has 3 aromatic carbocycles. The summed E-state index contributed by atoms with van der Waals surface area (Å²) in [4.78, 5) is 27.1. The lowest BCUT2D eigenvalue weighted by molar-refractivity contribution is -0.137. The van der Waals surface area contributed by atoms with Gasteiger partial charge in [-0.25, -0.2) is 0 Å². The molecule has 7 heteroatoms. The zero-order valence-corrected chi connectivity index (χ0v) is 18.4. The SMILES string of the molecule is O=C(Nc1ccc2c(c1)Cc1ccccc1-2)C1CCN(C(=O)c2ccc(C(F)(F)F)cc2)CC1. The summed E-state index contributed by atoms with van der Waals surface area (Å²) in [5.74, 6) is -0.607. The fourth-order valence-corrected chi connectivity index (χ4v) is 4.80. The van der Waals surface area contributed by atoms with E-state index in [-0.39, 0.29) is 23.3 Å². The molecule has 5 rings (SSSR count). The minimum atomic E-state index is -4.43. The second-order valence-electron chi connectivity index (χ2n) is 8.84. The summed E-state index contributed by atoms with van der Waals surface area (Å²) in [6, 6.07) is 18.5. The van der Waals surface area contributed by atoms with Gasteiger partial charge in [-0.2, -0.15) is 13.2 Å². The summed E-state index contributed by atoms with van der Waals surface area (Å²) in [6.45, 7) is 0.773. The van der Waals surface area contributed by atoms with Gasteiger partial charge in [-0.3, -0.25) is 9.59 Å². The van der Waals surface area contributed by atoms with Gasteiger partial charge in [0.25, 0.3) is 5.91 Å². The van der Waals surface area contributed by atoms with E-state index in [1.807, 2.05) is 30.3 Å². The number of nitrogens with one attached hydrogen (secondary N) is 1. The molecule has 0 saturated carbocycles. The van der Waals surface area contributed by atoms with Crippen molar-refractivity contribution in [1.29, 1.82) is 0 Å². The van der Waals surface area contributed by atoms with Crippen molar-refractivity contribution in [3.8, 4) is 11.1 Å². The number of rotatable bonds is 3. The van der Waals surface area contributed by atoms with Crippen molar-refractivity contribution in [3.05, 3.63) is 89.0 Å². The van der Waals surface area contributed by atoms with Gasteiger partial charge in [0.2, 0.25) is 5.91 Å². The lowest BCUT2D eigenvalue weighted by atomic mass is 9.95. The third-order valence-electron chi connectivity index (χ3n) is 6.67. The Morgan fingerprint density at radius 3 is 2.24 bits per heavy atom. The Kier molecular flexibility index (Phi) is 5.63. The second-order valence-corrected chi connectivity index (χ2v) is 8.84. The van der Waals surface area contributed by atoms with Gasteiger partial charge in [0.1, 0.15) is 0 Å². The van der Waals surface area contributed by atoms with Crippen molar-refractivity contribution in [2.24, 2.45) is 5.92 Å². The van der Waals surface area contributed by atoms with Crippen molar-refractivity contribution in [3.63, 3.8) is 0 Å². The van der Waals surface area contributed by atoms with Gasteiger partial charge < -0.3 is 10.2 Å². The van der Waals surface area contributed by atoms with Crippen LogP contribution < -0.4 is 5.32 Å². The van der Waals surface area contributed by atoms with Crippen LogP contribution in [0, 0.1) is 5.92 Å². The van der Waals surface area contributed by atoms with Crippen molar-refractivity contribution in [2.75, 3.05) is 18.4 Å². The highest BCUT2D eigenvalue weighted by atomic mass is 19.4.